The molecule has 5 heteroatoms. The Hall–Kier alpha value is -0.130. The van der Waals surface area contributed by atoms with Crippen molar-refractivity contribution < 1.29 is 8.42 Å². The lowest BCUT2D eigenvalue weighted by molar-refractivity contribution is 0.393. The van der Waals surface area contributed by atoms with Gasteiger partial charge in [0.2, 0.25) is 10.0 Å². The van der Waals surface area contributed by atoms with Crippen molar-refractivity contribution in [2.24, 2.45) is 5.92 Å². The summed E-state index contributed by atoms with van der Waals surface area (Å²) in [6.07, 6.45) is 7.55. The maximum absolute atomic E-state index is 12.4. The van der Waals surface area contributed by atoms with Crippen molar-refractivity contribution in [3.63, 3.8) is 0 Å². The van der Waals surface area contributed by atoms with Crippen LogP contribution in [0, 0.1) is 5.92 Å². The summed E-state index contributed by atoms with van der Waals surface area (Å²) in [6, 6.07) is 0.152. The molecule has 0 spiro atoms. The predicted molar refractivity (Wildman–Crippen MR) is 74.0 cm³/mol. The first-order valence-corrected chi connectivity index (χ1v) is 8.86. The van der Waals surface area contributed by atoms with E-state index in [2.05, 4.69) is 17.0 Å². The highest BCUT2D eigenvalue weighted by Crippen LogP contribution is 2.24. The van der Waals surface area contributed by atoms with Crippen molar-refractivity contribution in [3.05, 3.63) is 0 Å². The standard InChI is InChI=1S/C13H26N2O2S/c1-11-6-3-2-4-8-13(11)15-18(16,17)12-7-5-9-14-10-12/h11-15H,2-10H2,1H3. The molecule has 2 fully saturated rings. The number of piperidine rings is 1. The van der Waals surface area contributed by atoms with Crippen molar-refractivity contribution in [2.45, 2.75) is 63.2 Å². The van der Waals surface area contributed by atoms with Gasteiger partial charge in [0.05, 0.1) is 5.25 Å². The predicted octanol–water partition coefficient (Wildman–Crippen LogP) is 1.63. The third-order valence-corrected chi connectivity index (χ3v) is 6.28. The Morgan fingerprint density at radius 1 is 1.06 bits per heavy atom. The molecule has 1 saturated carbocycles. The molecule has 0 aromatic carbocycles. The van der Waals surface area contributed by atoms with Gasteiger partial charge in [-0.15, -0.1) is 0 Å². The SMILES string of the molecule is CC1CCCCCC1NS(=O)(=O)C1CCCNC1. The van der Waals surface area contributed by atoms with E-state index in [9.17, 15) is 8.42 Å². The molecule has 106 valence electrons. The molecular weight excluding hydrogens is 248 g/mol. The number of hydrogen-bond donors (Lipinski definition) is 2. The van der Waals surface area contributed by atoms with Crippen LogP contribution in [0.5, 0.6) is 0 Å². The van der Waals surface area contributed by atoms with E-state index in [1.54, 1.807) is 0 Å². The van der Waals surface area contributed by atoms with Crippen molar-refractivity contribution in [1.82, 2.24) is 10.0 Å². The maximum Gasteiger partial charge on any atom is 0.215 e. The van der Waals surface area contributed by atoms with Crippen LogP contribution in [0.4, 0.5) is 0 Å². The minimum absolute atomic E-state index is 0.152. The van der Waals surface area contributed by atoms with Crippen LogP contribution in [0.25, 0.3) is 0 Å². The number of sulfonamides is 1. The highest BCUT2D eigenvalue weighted by Gasteiger charge is 2.31. The molecular formula is C13H26N2O2S. The normalized spacial score (nSPS) is 35.1. The summed E-state index contributed by atoms with van der Waals surface area (Å²) >= 11 is 0. The van der Waals surface area contributed by atoms with E-state index in [-0.39, 0.29) is 11.3 Å². The first kappa shape index (κ1) is 14.3. The highest BCUT2D eigenvalue weighted by atomic mass is 32.2. The van der Waals surface area contributed by atoms with Gasteiger partial charge in [0.15, 0.2) is 0 Å². The van der Waals surface area contributed by atoms with E-state index in [1.165, 1.54) is 12.8 Å². The monoisotopic (exact) mass is 274 g/mol. The summed E-state index contributed by atoms with van der Waals surface area (Å²) in [5, 5.41) is 2.95. The summed E-state index contributed by atoms with van der Waals surface area (Å²) in [7, 11) is -3.14. The Kier molecular flexibility index (Phi) is 5.04. The Morgan fingerprint density at radius 2 is 1.83 bits per heavy atom. The van der Waals surface area contributed by atoms with Crippen LogP contribution < -0.4 is 10.0 Å². The lowest BCUT2D eigenvalue weighted by atomic mass is 9.98. The molecule has 0 aromatic rings. The molecule has 0 amide bonds. The molecule has 18 heavy (non-hydrogen) atoms. The van der Waals surface area contributed by atoms with E-state index in [1.807, 2.05) is 0 Å². The van der Waals surface area contributed by atoms with Crippen molar-refractivity contribution >= 4 is 10.0 Å². The van der Waals surface area contributed by atoms with Gasteiger partial charge in [-0.1, -0.05) is 26.2 Å². The molecule has 0 bridgehead atoms. The van der Waals surface area contributed by atoms with Crippen LogP contribution >= 0.6 is 0 Å². The zero-order valence-electron chi connectivity index (χ0n) is 11.3. The van der Waals surface area contributed by atoms with Gasteiger partial charge in [0.1, 0.15) is 0 Å². The van der Waals surface area contributed by atoms with Crippen LogP contribution in [0.1, 0.15) is 51.9 Å². The lowest BCUT2D eigenvalue weighted by Gasteiger charge is -2.28. The molecule has 2 N–H and O–H groups in total. The lowest BCUT2D eigenvalue weighted by Crippen LogP contribution is -2.48. The average molecular weight is 274 g/mol. The third kappa shape index (κ3) is 3.68. The molecule has 1 saturated heterocycles. The van der Waals surface area contributed by atoms with Gasteiger partial charge < -0.3 is 5.32 Å². The molecule has 0 radical (unpaired) electrons. The minimum Gasteiger partial charge on any atom is -0.315 e. The second-order valence-electron chi connectivity index (χ2n) is 5.85. The first-order valence-electron chi connectivity index (χ1n) is 7.31. The minimum atomic E-state index is -3.14. The molecule has 1 aliphatic heterocycles. The van der Waals surface area contributed by atoms with Crippen LogP contribution in [-0.4, -0.2) is 32.8 Å². The fourth-order valence-corrected chi connectivity index (χ4v) is 4.84. The second kappa shape index (κ2) is 6.35. The van der Waals surface area contributed by atoms with Gasteiger partial charge >= 0.3 is 0 Å². The smallest absolute Gasteiger partial charge is 0.215 e. The zero-order chi connectivity index (χ0) is 13.0. The Balaban J connectivity index is 1.97. The third-order valence-electron chi connectivity index (χ3n) is 4.37. The Labute approximate surface area is 111 Å². The zero-order valence-corrected chi connectivity index (χ0v) is 12.1. The van der Waals surface area contributed by atoms with Gasteiger partial charge in [-0.3, -0.25) is 0 Å². The summed E-state index contributed by atoms with van der Waals surface area (Å²) in [4.78, 5) is 0. The Morgan fingerprint density at radius 3 is 2.56 bits per heavy atom. The van der Waals surface area contributed by atoms with E-state index < -0.39 is 10.0 Å². The van der Waals surface area contributed by atoms with Crippen molar-refractivity contribution in [3.8, 4) is 0 Å². The fourth-order valence-electron chi connectivity index (χ4n) is 3.06. The topological polar surface area (TPSA) is 58.2 Å². The Bertz CT molecular complexity index is 350. The second-order valence-corrected chi connectivity index (χ2v) is 7.85. The summed E-state index contributed by atoms with van der Waals surface area (Å²) < 4.78 is 27.7. The van der Waals surface area contributed by atoms with Gasteiger partial charge in [-0.05, 0) is 38.1 Å². The molecule has 1 heterocycles. The van der Waals surface area contributed by atoms with Crippen LogP contribution in [-0.2, 0) is 10.0 Å². The molecule has 1 aliphatic carbocycles. The number of rotatable bonds is 3. The molecule has 2 aliphatic rings. The number of hydrogen-bond acceptors (Lipinski definition) is 3. The summed E-state index contributed by atoms with van der Waals surface area (Å²) in [6.45, 7) is 3.74. The summed E-state index contributed by atoms with van der Waals surface area (Å²) in [5.41, 5.74) is 0. The van der Waals surface area contributed by atoms with Gasteiger partial charge in [-0.25, -0.2) is 13.1 Å². The summed E-state index contributed by atoms with van der Waals surface area (Å²) in [5.74, 6) is 0.471. The van der Waals surface area contributed by atoms with Crippen LogP contribution in [0.3, 0.4) is 0 Å². The van der Waals surface area contributed by atoms with Gasteiger partial charge in [0.25, 0.3) is 0 Å². The molecule has 3 atom stereocenters. The van der Waals surface area contributed by atoms with Gasteiger partial charge in [0, 0.05) is 12.6 Å². The van der Waals surface area contributed by atoms with Crippen LogP contribution in [0.15, 0.2) is 0 Å². The fraction of sp³-hybridized carbons (Fsp3) is 1.00. The molecule has 0 aromatic heterocycles. The first-order chi connectivity index (χ1) is 8.59. The van der Waals surface area contributed by atoms with E-state index >= 15 is 0 Å². The van der Waals surface area contributed by atoms with Crippen molar-refractivity contribution in [1.29, 1.82) is 0 Å². The van der Waals surface area contributed by atoms with E-state index in [0.717, 1.165) is 38.6 Å². The van der Waals surface area contributed by atoms with Crippen molar-refractivity contribution in [2.75, 3.05) is 13.1 Å². The average Bonchev–Trinajstić information content (AvgIpc) is 2.56. The maximum atomic E-state index is 12.4. The van der Waals surface area contributed by atoms with Crippen LogP contribution in [0.2, 0.25) is 0 Å². The van der Waals surface area contributed by atoms with E-state index in [0.29, 0.717) is 12.5 Å². The largest absolute Gasteiger partial charge is 0.315 e. The molecule has 2 rings (SSSR count). The van der Waals surface area contributed by atoms with Gasteiger partial charge in [-0.2, -0.15) is 0 Å². The molecule has 3 unspecified atom stereocenters. The molecule has 4 nitrogen and oxygen atoms in total. The van der Waals surface area contributed by atoms with E-state index in [4.69, 9.17) is 0 Å². The quantitative estimate of drug-likeness (QED) is 0.769. The highest BCUT2D eigenvalue weighted by molar-refractivity contribution is 7.90. The number of nitrogens with one attached hydrogen (secondary N) is 2.